The largest absolute Gasteiger partial charge is 0.326 e. The van der Waals surface area contributed by atoms with Crippen molar-refractivity contribution in [2.45, 2.75) is 25.8 Å². The van der Waals surface area contributed by atoms with Crippen molar-refractivity contribution >= 4 is 5.65 Å². The van der Waals surface area contributed by atoms with E-state index >= 15 is 0 Å². The Morgan fingerprint density at radius 3 is 3.11 bits per heavy atom. The molecule has 1 aliphatic rings. The summed E-state index contributed by atoms with van der Waals surface area (Å²) in [5.74, 6) is 1.43. The number of rotatable bonds is 3. The van der Waals surface area contributed by atoms with Gasteiger partial charge in [0, 0.05) is 30.8 Å². The highest BCUT2D eigenvalue weighted by Gasteiger charge is 2.26. The van der Waals surface area contributed by atoms with Gasteiger partial charge in [0.05, 0.1) is 0 Å². The van der Waals surface area contributed by atoms with Crippen molar-refractivity contribution in [2.75, 3.05) is 19.6 Å². The zero-order valence-corrected chi connectivity index (χ0v) is 10.7. The van der Waals surface area contributed by atoms with Crippen LogP contribution in [0.3, 0.4) is 0 Å². The molecule has 3 rings (SSSR count). The van der Waals surface area contributed by atoms with E-state index in [0.717, 1.165) is 43.1 Å². The topological polar surface area (TPSA) is 59.5 Å². The molecule has 3 heterocycles. The van der Waals surface area contributed by atoms with Crippen LogP contribution < -0.4 is 5.73 Å². The van der Waals surface area contributed by atoms with Gasteiger partial charge in [0.25, 0.3) is 0 Å². The van der Waals surface area contributed by atoms with Gasteiger partial charge in [-0.15, -0.1) is 0 Å². The molecule has 18 heavy (non-hydrogen) atoms. The first kappa shape index (κ1) is 11.6. The van der Waals surface area contributed by atoms with Crippen molar-refractivity contribution < 1.29 is 0 Å². The van der Waals surface area contributed by atoms with Crippen LogP contribution >= 0.6 is 0 Å². The normalized spacial score (nSPS) is 20.9. The molecule has 0 aromatic carbocycles. The van der Waals surface area contributed by atoms with Gasteiger partial charge in [-0.1, -0.05) is 13.0 Å². The van der Waals surface area contributed by atoms with E-state index in [0.29, 0.717) is 12.5 Å². The number of nitrogens with two attached hydrogens (primary N) is 1. The summed E-state index contributed by atoms with van der Waals surface area (Å²) in [5, 5.41) is 4.60. The first-order chi connectivity index (χ1) is 8.81. The second-order valence-electron chi connectivity index (χ2n) is 4.85. The highest BCUT2D eigenvalue weighted by molar-refractivity contribution is 5.47. The smallest absolute Gasteiger partial charge is 0.160 e. The molecule has 0 bridgehead atoms. The molecule has 0 spiro atoms. The molecule has 1 saturated heterocycles. The molecule has 1 unspecified atom stereocenters. The van der Waals surface area contributed by atoms with Crippen molar-refractivity contribution in [1.29, 1.82) is 0 Å². The van der Waals surface area contributed by atoms with Gasteiger partial charge < -0.3 is 10.6 Å². The SMILES string of the molecule is CCN1CCC(c2nc3c(CN)cccn3n2)C1. The molecule has 2 N–H and O–H groups in total. The molecule has 0 saturated carbocycles. The maximum Gasteiger partial charge on any atom is 0.160 e. The lowest BCUT2D eigenvalue weighted by atomic mass is 10.1. The lowest BCUT2D eigenvalue weighted by Gasteiger charge is -2.10. The Hall–Kier alpha value is -1.46. The van der Waals surface area contributed by atoms with E-state index in [1.165, 1.54) is 0 Å². The number of hydrogen-bond donors (Lipinski definition) is 1. The quantitative estimate of drug-likeness (QED) is 0.876. The molecule has 2 aromatic heterocycles. The Labute approximate surface area is 107 Å². The van der Waals surface area contributed by atoms with Crippen LogP contribution in [0, 0.1) is 0 Å². The molecule has 1 fully saturated rings. The fourth-order valence-electron chi connectivity index (χ4n) is 2.64. The van der Waals surface area contributed by atoms with Crippen LogP contribution in [-0.2, 0) is 6.54 Å². The van der Waals surface area contributed by atoms with Crippen LogP contribution in [0.15, 0.2) is 18.3 Å². The number of likely N-dealkylation sites (tertiary alicyclic amines) is 1. The molecule has 1 atom stereocenters. The summed E-state index contributed by atoms with van der Waals surface area (Å²) in [6, 6.07) is 3.99. The van der Waals surface area contributed by atoms with Crippen molar-refractivity contribution in [3.8, 4) is 0 Å². The van der Waals surface area contributed by atoms with Gasteiger partial charge in [-0.2, -0.15) is 5.10 Å². The summed E-state index contributed by atoms with van der Waals surface area (Å²) >= 11 is 0. The Balaban J connectivity index is 1.94. The lowest BCUT2D eigenvalue weighted by Crippen LogP contribution is -2.19. The third-order valence-electron chi connectivity index (χ3n) is 3.76. The lowest BCUT2D eigenvalue weighted by molar-refractivity contribution is 0.352. The average molecular weight is 245 g/mol. The Morgan fingerprint density at radius 2 is 2.39 bits per heavy atom. The zero-order chi connectivity index (χ0) is 12.5. The minimum atomic E-state index is 0.468. The van der Waals surface area contributed by atoms with Crippen LogP contribution in [0.5, 0.6) is 0 Å². The highest BCUT2D eigenvalue weighted by Crippen LogP contribution is 2.25. The predicted octanol–water partition coefficient (Wildman–Crippen LogP) is 0.997. The minimum Gasteiger partial charge on any atom is -0.326 e. The fourth-order valence-corrected chi connectivity index (χ4v) is 2.64. The first-order valence-electron chi connectivity index (χ1n) is 6.58. The number of aromatic nitrogens is 3. The predicted molar refractivity (Wildman–Crippen MR) is 70.4 cm³/mol. The van der Waals surface area contributed by atoms with Crippen LogP contribution in [0.25, 0.3) is 5.65 Å². The second-order valence-corrected chi connectivity index (χ2v) is 4.85. The summed E-state index contributed by atoms with van der Waals surface area (Å²) < 4.78 is 1.85. The molecule has 0 radical (unpaired) electrons. The Morgan fingerprint density at radius 1 is 1.50 bits per heavy atom. The van der Waals surface area contributed by atoms with E-state index in [9.17, 15) is 0 Å². The summed E-state index contributed by atoms with van der Waals surface area (Å²) in [7, 11) is 0. The Kier molecular flexibility index (Phi) is 3.01. The van der Waals surface area contributed by atoms with Crippen LogP contribution in [-0.4, -0.2) is 39.1 Å². The number of hydrogen-bond acceptors (Lipinski definition) is 4. The fraction of sp³-hybridized carbons (Fsp3) is 0.538. The average Bonchev–Trinajstić information content (AvgIpc) is 3.03. The molecule has 1 aliphatic heterocycles. The van der Waals surface area contributed by atoms with E-state index in [1.54, 1.807) is 0 Å². The highest BCUT2D eigenvalue weighted by atomic mass is 15.3. The van der Waals surface area contributed by atoms with Gasteiger partial charge >= 0.3 is 0 Å². The van der Waals surface area contributed by atoms with Gasteiger partial charge in [-0.25, -0.2) is 9.50 Å². The van der Waals surface area contributed by atoms with Gasteiger partial charge in [0.15, 0.2) is 11.5 Å². The van der Waals surface area contributed by atoms with E-state index in [1.807, 2.05) is 22.8 Å². The molecular formula is C13H19N5. The monoisotopic (exact) mass is 245 g/mol. The Bertz CT molecular complexity index is 547. The minimum absolute atomic E-state index is 0.468. The van der Waals surface area contributed by atoms with E-state index in [4.69, 9.17) is 5.73 Å². The second kappa shape index (κ2) is 4.66. The van der Waals surface area contributed by atoms with Crippen molar-refractivity contribution in [3.05, 3.63) is 29.7 Å². The molecule has 0 amide bonds. The molecule has 0 aliphatic carbocycles. The summed E-state index contributed by atoms with van der Waals surface area (Å²) in [6.45, 7) is 6.05. The van der Waals surface area contributed by atoms with Gasteiger partial charge in [-0.05, 0) is 25.6 Å². The molecule has 5 heteroatoms. The van der Waals surface area contributed by atoms with Crippen LogP contribution in [0.2, 0.25) is 0 Å². The zero-order valence-electron chi connectivity index (χ0n) is 10.7. The van der Waals surface area contributed by atoms with Crippen molar-refractivity contribution in [2.24, 2.45) is 5.73 Å². The van der Waals surface area contributed by atoms with E-state index < -0.39 is 0 Å². The molecule has 5 nitrogen and oxygen atoms in total. The van der Waals surface area contributed by atoms with Crippen LogP contribution in [0.4, 0.5) is 0 Å². The maximum atomic E-state index is 5.73. The third-order valence-corrected chi connectivity index (χ3v) is 3.76. The standard InChI is InChI=1S/C13H19N5/c1-2-17-7-5-11(9-17)12-15-13-10(8-14)4-3-6-18(13)16-12/h3-4,6,11H,2,5,7-9,14H2,1H3. The molecule has 2 aromatic rings. The molecular weight excluding hydrogens is 226 g/mol. The summed E-state index contributed by atoms with van der Waals surface area (Å²) in [4.78, 5) is 7.12. The van der Waals surface area contributed by atoms with Gasteiger partial charge in [-0.3, -0.25) is 0 Å². The van der Waals surface area contributed by atoms with Gasteiger partial charge in [0.2, 0.25) is 0 Å². The van der Waals surface area contributed by atoms with E-state index in [2.05, 4.69) is 21.9 Å². The molecule has 96 valence electrons. The van der Waals surface area contributed by atoms with Crippen molar-refractivity contribution in [3.63, 3.8) is 0 Å². The number of nitrogens with zero attached hydrogens (tertiary/aromatic N) is 4. The first-order valence-corrected chi connectivity index (χ1v) is 6.58. The summed E-state index contributed by atoms with van der Waals surface area (Å²) in [6.07, 6.45) is 3.10. The maximum absolute atomic E-state index is 5.73. The third kappa shape index (κ3) is 1.89. The van der Waals surface area contributed by atoms with Gasteiger partial charge in [0.1, 0.15) is 0 Å². The number of pyridine rings is 1. The van der Waals surface area contributed by atoms with Crippen molar-refractivity contribution in [1.82, 2.24) is 19.5 Å². The number of likely N-dealkylation sites (N-methyl/N-ethyl adjacent to an activating group) is 1. The van der Waals surface area contributed by atoms with E-state index in [-0.39, 0.29) is 0 Å². The summed E-state index contributed by atoms with van der Waals surface area (Å²) in [5.41, 5.74) is 7.70. The van der Waals surface area contributed by atoms with Crippen LogP contribution in [0.1, 0.15) is 30.7 Å². The number of fused-ring (bicyclic) bond motifs is 1.